The fraction of sp³-hybridized carbons (Fsp3) is 0.0690. The quantitative estimate of drug-likeness (QED) is 0.0931. The Morgan fingerprint density at radius 1 is 0.949 bits per heavy atom. The molecule has 1 aliphatic rings. The maximum atomic E-state index is 13.8. The van der Waals surface area contributed by atoms with Gasteiger partial charge in [-0.3, -0.25) is 24.5 Å². The number of anilines is 1. The number of carbonyl (C=O) groups excluding carboxylic acids is 4. The minimum Gasteiger partial charge on any atom is -0.453 e. The number of ketones is 2. The number of nitro groups is 1. The molecule has 0 saturated heterocycles. The van der Waals surface area contributed by atoms with Gasteiger partial charge in [-0.15, -0.1) is 0 Å². The van der Waals surface area contributed by atoms with Crippen molar-refractivity contribution in [2.24, 2.45) is 5.92 Å². The van der Waals surface area contributed by atoms with Crippen molar-refractivity contribution in [2.75, 3.05) is 5.32 Å². The molecule has 10 heteroatoms. The summed E-state index contributed by atoms with van der Waals surface area (Å²) in [5, 5.41) is 24.3. The Kier molecular flexibility index (Phi) is 6.40. The standard InChI is InChI=1S/C29H17N3O7/c30-15-19-14-20(32(37)38)11-12-23(19)31-28(35)26(34)24(27-21-7-3-4-8-22(21)29(36)39-27)25(33)18-10-9-16-5-1-2-6-17(16)13-18/h1-14,24,27H,(H,31,35)/t24-,27-/m1/s1. The molecule has 1 aliphatic heterocycles. The number of fused-ring (bicyclic) bond motifs is 2. The molecule has 0 aliphatic carbocycles. The third-order valence-corrected chi connectivity index (χ3v) is 6.43. The number of hydrogen-bond donors (Lipinski definition) is 1. The number of benzene rings is 4. The highest BCUT2D eigenvalue weighted by atomic mass is 16.6. The predicted molar refractivity (Wildman–Crippen MR) is 138 cm³/mol. The number of nitrogens with one attached hydrogen (secondary N) is 1. The van der Waals surface area contributed by atoms with Gasteiger partial charge in [-0.1, -0.05) is 54.6 Å². The number of nitriles is 1. The molecule has 4 aromatic carbocycles. The third kappa shape index (κ3) is 4.60. The van der Waals surface area contributed by atoms with E-state index < -0.39 is 40.4 Å². The summed E-state index contributed by atoms with van der Waals surface area (Å²) in [6, 6.07) is 23.2. The Labute approximate surface area is 220 Å². The summed E-state index contributed by atoms with van der Waals surface area (Å²) in [7, 11) is 0. The van der Waals surface area contributed by atoms with Crippen molar-refractivity contribution in [1.82, 2.24) is 0 Å². The van der Waals surface area contributed by atoms with Crippen molar-refractivity contribution in [2.45, 2.75) is 6.10 Å². The van der Waals surface area contributed by atoms with Crippen molar-refractivity contribution in [3.8, 4) is 6.07 Å². The lowest BCUT2D eigenvalue weighted by Gasteiger charge is -2.21. The van der Waals surface area contributed by atoms with E-state index in [0.29, 0.717) is 0 Å². The van der Waals surface area contributed by atoms with Crippen molar-refractivity contribution < 1.29 is 28.8 Å². The van der Waals surface area contributed by atoms with Crippen LogP contribution in [0.1, 0.15) is 37.9 Å². The van der Waals surface area contributed by atoms with Gasteiger partial charge in [0.15, 0.2) is 5.78 Å². The first-order chi connectivity index (χ1) is 18.8. The lowest BCUT2D eigenvalue weighted by molar-refractivity contribution is -0.384. The van der Waals surface area contributed by atoms with Crippen molar-refractivity contribution in [3.63, 3.8) is 0 Å². The zero-order valence-corrected chi connectivity index (χ0v) is 20.0. The topological polar surface area (TPSA) is 156 Å². The molecule has 10 nitrogen and oxygen atoms in total. The molecule has 0 bridgehead atoms. The Morgan fingerprint density at radius 2 is 1.67 bits per heavy atom. The molecule has 0 fully saturated rings. The van der Waals surface area contributed by atoms with Gasteiger partial charge in [0.05, 0.1) is 21.7 Å². The monoisotopic (exact) mass is 519 g/mol. The number of non-ortho nitro benzene ring substituents is 1. The molecule has 2 atom stereocenters. The van der Waals surface area contributed by atoms with E-state index in [1.807, 2.05) is 12.1 Å². The van der Waals surface area contributed by atoms with Gasteiger partial charge in [0.25, 0.3) is 11.6 Å². The van der Waals surface area contributed by atoms with Crippen molar-refractivity contribution in [3.05, 3.63) is 117 Å². The van der Waals surface area contributed by atoms with Crippen LogP contribution in [0.4, 0.5) is 11.4 Å². The molecule has 1 N–H and O–H groups in total. The third-order valence-electron chi connectivity index (χ3n) is 6.43. The number of hydrogen-bond acceptors (Lipinski definition) is 8. The summed E-state index contributed by atoms with van der Waals surface area (Å²) in [5.41, 5.74) is -0.185. The molecule has 1 amide bonds. The molecular weight excluding hydrogens is 502 g/mol. The fourth-order valence-electron chi connectivity index (χ4n) is 4.51. The first-order valence-corrected chi connectivity index (χ1v) is 11.6. The van der Waals surface area contributed by atoms with E-state index in [-0.39, 0.29) is 33.6 Å². The highest BCUT2D eigenvalue weighted by Gasteiger charge is 2.46. The van der Waals surface area contributed by atoms with Crippen LogP contribution in [0.25, 0.3) is 10.8 Å². The maximum Gasteiger partial charge on any atom is 0.339 e. The van der Waals surface area contributed by atoms with Crippen LogP contribution in [-0.4, -0.2) is 28.4 Å². The summed E-state index contributed by atoms with van der Waals surface area (Å²) in [6.45, 7) is 0. The first-order valence-electron chi connectivity index (χ1n) is 11.6. The molecule has 0 radical (unpaired) electrons. The number of carbonyl (C=O) groups is 4. The molecule has 1 heterocycles. The zero-order valence-electron chi connectivity index (χ0n) is 20.0. The van der Waals surface area contributed by atoms with Gasteiger partial charge in [0.1, 0.15) is 18.1 Å². The predicted octanol–water partition coefficient (Wildman–Crippen LogP) is 4.54. The summed E-state index contributed by atoms with van der Waals surface area (Å²) in [5.74, 6) is -5.66. The van der Waals surface area contributed by atoms with Crippen LogP contribution in [0.3, 0.4) is 0 Å². The van der Waals surface area contributed by atoms with Crippen LogP contribution in [0, 0.1) is 27.4 Å². The summed E-state index contributed by atoms with van der Waals surface area (Å²) in [6.07, 6.45) is -1.36. The van der Waals surface area contributed by atoms with Gasteiger partial charge in [-0.25, -0.2) is 4.79 Å². The highest BCUT2D eigenvalue weighted by Crippen LogP contribution is 2.38. The second-order valence-corrected chi connectivity index (χ2v) is 8.73. The van der Waals surface area contributed by atoms with E-state index in [1.165, 1.54) is 12.1 Å². The second kappa shape index (κ2) is 9.99. The second-order valence-electron chi connectivity index (χ2n) is 8.73. The van der Waals surface area contributed by atoms with Gasteiger partial charge in [-0.2, -0.15) is 5.26 Å². The van der Waals surface area contributed by atoms with Gasteiger partial charge in [0, 0.05) is 23.3 Å². The fourth-order valence-corrected chi connectivity index (χ4v) is 4.51. The van der Waals surface area contributed by atoms with E-state index in [9.17, 15) is 34.6 Å². The van der Waals surface area contributed by atoms with Crippen LogP contribution >= 0.6 is 0 Å². The number of rotatable bonds is 7. The van der Waals surface area contributed by atoms with E-state index >= 15 is 0 Å². The normalized spacial score (nSPS) is 14.5. The summed E-state index contributed by atoms with van der Waals surface area (Å²) in [4.78, 5) is 63.4. The number of nitrogens with zero attached hydrogens (tertiary/aromatic N) is 2. The van der Waals surface area contributed by atoms with Crippen LogP contribution in [0.2, 0.25) is 0 Å². The summed E-state index contributed by atoms with van der Waals surface area (Å²) >= 11 is 0. The molecule has 39 heavy (non-hydrogen) atoms. The number of esters is 1. The molecular formula is C29H17N3O7. The van der Waals surface area contributed by atoms with E-state index in [2.05, 4.69) is 5.32 Å². The van der Waals surface area contributed by atoms with E-state index in [4.69, 9.17) is 4.74 Å². The minimum atomic E-state index is -1.73. The summed E-state index contributed by atoms with van der Waals surface area (Å²) < 4.78 is 5.44. The lowest BCUT2D eigenvalue weighted by atomic mass is 9.84. The van der Waals surface area contributed by atoms with Crippen LogP contribution < -0.4 is 5.32 Å². The average Bonchev–Trinajstić information content (AvgIpc) is 3.28. The minimum absolute atomic E-state index is 0.133. The maximum absolute atomic E-state index is 13.8. The smallest absolute Gasteiger partial charge is 0.339 e. The Morgan fingerprint density at radius 3 is 2.41 bits per heavy atom. The lowest BCUT2D eigenvalue weighted by Crippen LogP contribution is -2.38. The molecule has 0 aromatic heterocycles. The average molecular weight is 519 g/mol. The Balaban J connectivity index is 1.54. The molecule has 0 unspecified atom stereocenters. The number of nitro benzene ring substituents is 1. The van der Waals surface area contributed by atoms with E-state index in [0.717, 1.165) is 29.0 Å². The molecule has 0 spiro atoms. The van der Waals surface area contributed by atoms with Gasteiger partial charge >= 0.3 is 5.97 Å². The number of Topliss-reactive ketones (excluding diaryl/α,β-unsaturated/α-hetero) is 2. The molecule has 5 rings (SSSR count). The molecule has 0 saturated carbocycles. The van der Waals surface area contributed by atoms with Crippen molar-refractivity contribution >= 4 is 45.6 Å². The van der Waals surface area contributed by atoms with E-state index in [1.54, 1.807) is 48.5 Å². The van der Waals surface area contributed by atoms with Gasteiger partial charge in [-0.05, 0) is 29.0 Å². The van der Waals surface area contributed by atoms with Crippen LogP contribution in [0.15, 0.2) is 84.9 Å². The Hall–Kier alpha value is -5.69. The highest BCUT2D eigenvalue weighted by molar-refractivity contribution is 6.45. The largest absolute Gasteiger partial charge is 0.453 e. The van der Waals surface area contributed by atoms with Crippen LogP contribution in [-0.2, 0) is 14.3 Å². The first kappa shape index (κ1) is 25.0. The number of amides is 1. The van der Waals surface area contributed by atoms with Crippen LogP contribution in [0.5, 0.6) is 0 Å². The van der Waals surface area contributed by atoms with Crippen molar-refractivity contribution in [1.29, 1.82) is 5.26 Å². The zero-order chi connectivity index (χ0) is 27.7. The number of ether oxygens (including phenoxy) is 1. The molecule has 4 aromatic rings. The SMILES string of the molecule is N#Cc1cc([N+](=O)[O-])ccc1NC(=O)C(=O)[C@@H](C(=O)c1ccc2ccccc2c1)[C@@H]1OC(=O)c2ccccc21. The van der Waals surface area contributed by atoms with Gasteiger partial charge < -0.3 is 10.1 Å². The number of cyclic esters (lactones) is 1. The Bertz CT molecular complexity index is 1760. The molecule has 190 valence electrons. The van der Waals surface area contributed by atoms with Gasteiger partial charge in [0.2, 0.25) is 5.78 Å².